The maximum Gasteiger partial charge on any atom is 0.530 e. The van der Waals surface area contributed by atoms with Crippen molar-refractivity contribution in [3.8, 4) is 34.5 Å². The molecule has 0 atom stereocenters. The minimum absolute atomic E-state index is 0.492. The summed E-state index contributed by atoms with van der Waals surface area (Å²) in [6, 6.07) is 63.6. The molecular weight excluding hydrogens is 710 g/mol. The zero-order valence-electron chi connectivity index (χ0n) is 28.8. The Bertz CT molecular complexity index is 2390. The molecule has 9 aromatic carbocycles. The van der Waals surface area contributed by atoms with Crippen molar-refractivity contribution < 1.29 is 27.1 Å². The lowest BCUT2D eigenvalue weighted by molar-refractivity contribution is 0.382. The summed E-state index contributed by atoms with van der Waals surface area (Å²) in [5.41, 5.74) is 0. The highest BCUT2D eigenvalue weighted by atomic mass is 31.2. The highest BCUT2D eigenvalue weighted by Crippen LogP contribution is 2.47. The van der Waals surface area contributed by atoms with E-state index in [0.29, 0.717) is 34.5 Å². The van der Waals surface area contributed by atoms with Crippen LogP contribution in [0, 0.1) is 0 Å². The molecule has 0 aliphatic heterocycles. The van der Waals surface area contributed by atoms with E-state index in [9.17, 15) is 0 Å². The Kier molecular flexibility index (Phi) is 9.52. The molecule has 0 unspecified atom stereocenters. The normalized spacial score (nSPS) is 11.3. The molecule has 0 bridgehead atoms. The fourth-order valence-electron chi connectivity index (χ4n) is 6.11. The highest BCUT2D eigenvalue weighted by molar-refractivity contribution is 7.43. The zero-order valence-corrected chi connectivity index (χ0v) is 30.6. The van der Waals surface area contributed by atoms with Gasteiger partial charge < -0.3 is 27.1 Å². The molecule has 6 nitrogen and oxygen atoms in total. The van der Waals surface area contributed by atoms with Gasteiger partial charge in [0.15, 0.2) is 0 Å². The molecule has 54 heavy (non-hydrogen) atoms. The molecular formula is C46H32O6P2. The highest BCUT2D eigenvalue weighted by Gasteiger charge is 2.24. The Labute approximate surface area is 315 Å². The molecule has 0 saturated heterocycles. The first-order chi connectivity index (χ1) is 26.7. The Morgan fingerprint density at radius 3 is 0.722 bits per heavy atom. The van der Waals surface area contributed by atoms with E-state index in [-0.39, 0.29) is 0 Å². The molecule has 0 aliphatic rings. The van der Waals surface area contributed by atoms with Crippen LogP contribution in [0.3, 0.4) is 0 Å². The van der Waals surface area contributed by atoms with Crippen LogP contribution in [0.2, 0.25) is 0 Å². The fraction of sp³-hybridized carbons (Fsp3) is 0. The second-order valence-corrected chi connectivity index (χ2v) is 14.5. The standard InChI is InChI=1S/C46H32O6P2/c1-5-14-37-28-43(24-20-33(37)10-1)49-53(50-44-25-21-34-11-2-6-15-38(34)29-44)47-41-18-9-19-42(32-41)48-54(51-45-26-22-35-12-3-7-16-39(35)30-45)52-46-27-23-36-13-4-8-17-40(36)31-46/h1-32H. The molecule has 0 aromatic heterocycles. The molecule has 8 heteroatoms. The summed E-state index contributed by atoms with van der Waals surface area (Å²) in [6.07, 6.45) is 0. The number of benzene rings is 9. The van der Waals surface area contributed by atoms with Gasteiger partial charge in [-0.25, -0.2) is 0 Å². The van der Waals surface area contributed by atoms with Crippen molar-refractivity contribution in [2.24, 2.45) is 0 Å². The van der Waals surface area contributed by atoms with Crippen molar-refractivity contribution in [1.82, 2.24) is 0 Å². The van der Waals surface area contributed by atoms with Gasteiger partial charge in [0.2, 0.25) is 0 Å². The summed E-state index contributed by atoms with van der Waals surface area (Å²) in [6.45, 7) is 0. The molecule has 0 amide bonds. The summed E-state index contributed by atoms with van der Waals surface area (Å²) in [5.74, 6) is 3.50. The Morgan fingerprint density at radius 2 is 0.444 bits per heavy atom. The lowest BCUT2D eigenvalue weighted by Gasteiger charge is -2.20. The van der Waals surface area contributed by atoms with E-state index < -0.39 is 17.2 Å². The summed E-state index contributed by atoms with van der Waals surface area (Å²) in [7, 11) is -3.92. The van der Waals surface area contributed by atoms with Gasteiger partial charge in [-0.2, -0.15) is 0 Å². The maximum atomic E-state index is 6.47. The Hall–Kier alpha value is -6.32. The largest absolute Gasteiger partial charge is 0.530 e. The van der Waals surface area contributed by atoms with Gasteiger partial charge in [0.05, 0.1) is 0 Å². The first kappa shape index (κ1) is 33.5. The van der Waals surface area contributed by atoms with E-state index in [1.165, 1.54) is 0 Å². The quantitative estimate of drug-likeness (QED) is 0.116. The number of hydrogen-bond acceptors (Lipinski definition) is 6. The van der Waals surface area contributed by atoms with Gasteiger partial charge in [-0.1, -0.05) is 127 Å². The van der Waals surface area contributed by atoms with Crippen molar-refractivity contribution in [2.45, 2.75) is 0 Å². The Balaban J connectivity index is 0.997. The van der Waals surface area contributed by atoms with Crippen LogP contribution in [0.5, 0.6) is 34.5 Å². The van der Waals surface area contributed by atoms with Crippen molar-refractivity contribution in [3.05, 3.63) is 194 Å². The number of rotatable bonds is 12. The van der Waals surface area contributed by atoms with Gasteiger partial charge in [0.1, 0.15) is 34.5 Å². The molecule has 9 aromatic rings. The van der Waals surface area contributed by atoms with E-state index >= 15 is 0 Å². The monoisotopic (exact) mass is 742 g/mol. The van der Waals surface area contributed by atoms with Gasteiger partial charge in [0.25, 0.3) is 0 Å². The smallest absolute Gasteiger partial charge is 0.408 e. The minimum Gasteiger partial charge on any atom is -0.408 e. The zero-order chi connectivity index (χ0) is 36.1. The SMILES string of the molecule is c1cc(OP(Oc2ccc3ccccc3c2)Oc2ccc3ccccc3c2)cc(OP(Oc2ccc3ccccc3c2)Oc2ccc3ccccc3c2)c1. The summed E-state index contributed by atoms with van der Waals surface area (Å²) < 4.78 is 38.6. The van der Waals surface area contributed by atoms with Crippen LogP contribution in [-0.4, -0.2) is 0 Å². The maximum absolute atomic E-state index is 6.47. The third kappa shape index (κ3) is 7.86. The third-order valence-corrected chi connectivity index (χ3v) is 10.9. The minimum atomic E-state index is -1.96. The van der Waals surface area contributed by atoms with Gasteiger partial charge in [-0.15, -0.1) is 0 Å². The summed E-state index contributed by atoms with van der Waals surface area (Å²) in [4.78, 5) is 0. The van der Waals surface area contributed by atoms with Crippen LogP contribution in [0.25, 0.3) is 43.1 Å². The second kappa shape index (κ2) is 15.3. The van der Waals surface area contributed by atoms with Crippen LogP contribution in [0.15, 0.2) is 194 Å². The molecule has 9 rings (SSSR count). The fourth-order valence-corrected chi connectivity index (χ4v) is 8.05. The summed E-state index contributed by atoms with van der Waals surface area (Å²) in [5, 5.41) is 8.67. The second-order valence-electron chi connectivity index (χ2n) is 12.5. The predicted octanol–water partition coefficient (Wildman–Crippen LogP) is 13.8. The van der Waals surface area contributed by atoms with Gasteiger partial charge in [-0.3, -0.25) is 0 Å². The van der Waals surface area contributed by atoms with Crippen molar-refractivity contribution in [3.63, 3.8) is 0 Å². The molecule has 0 radical (unpaired) electrons. The average Bonchev–Trinajstić information content (AvgIpc) is 3.21. The third-order valence-electron chi connectivity index (χ3n) is 8.77. The van der Waals surface area contributed by atoms with E-state index in [1.807, 2.05) is 140 Å². The molecule has 0 N–H and O–H groups in total. The number of fused-ring (bicyclic) bond motifs is 4. The van der Waals surface area contributed by atoms with Crippen LogP contribution in [0.4, 0.5) is 0 Å². The molecule has 0 fully saturated rings. The van der Waals surface area contributed by atoms with Crippen LogP contribution in [-0.2, 0) is 0 Å². The topological polar surface area (TPSA) is 55.4 Å². The lowest BCUT2D eigenvalue weighted by Crippen LogP contribution is -2.04. The molecule has 0 spiro atoms. The first-order valence-electron chi connectivity index (χ1n) is 17.4. The first-order valence-corrected chi connectivity index (χ1v) is 19.6. The van der Waals surface area contributed by atoms with Crippen LogP contribution < -0.4 is 27.1 Å². The van der Waals surface area contributed by atoms with E-state index in [2.05, 4.69) is 48.5 Å². The predicted molar refractivity (Wildman–Crippen MR) is 220 cm³/mol. The van der Waals surface area contributed by atoms with Crippen LogP contribution in [0.1, 0.15) is 0 Å². The molecule has 0 saturated carbocycles. The Morgan fingerprint density at radius 1 is 0.204 bits per heavy atom. The van der Waals surface area contributed by atoms with Gasteiger partial charge >= 0.3 is 17.2 Å². The van der Waals surface area contributed by atoms with Crippen molar-refractivity contribution in [2.75, 3.05) is 0 Å². The average molecular weight is 743 g/mol. The van der Waals surface area contributed by atoms with Crippen molar-refractivity contribution in [1.29, 1.82) is 0 Å². The van der Waals surface area contributed by atoms with Gasteiger partial charge in [-0.05, 0) is 104 Å². The lowest BCUT2D eigenvalue weighted by atomic mass is 10.1. The van der Waals surface area contributed by atoms with E-state index in [0.717, 1.165) is 43.1 Å². The molecule has 0 aliphatic carbocycles. The number of hydrogen-bond donors (Lipinski definition) is 0. The summed E-state index contributed by atoms with van der Waals surface area (Å²) >= 11 is 0. The molecule has 0 heterocycles. The van der Waals surface area contributed by atoms with Crippen molar-refractivity contribution >= 4 is 60.3 Å². The molecule has 262 valence electrons. The van der Waals surface area contributed by atoms with E-state index in [1.54, 1.807) is 6.07 Å². The van der Waals surface area contributed by atoms with E-state index in [4.69, 9.17) is 27.1 Å². The van der Waals surface area contributed by atoms with Crippen LogP contribution >= 0.6 is 17.2 Å². The van der Waals surface area contributed by atoms with Gasteiger partial charge in [0, 0.05) is 6.07 Å².